The maximum absolute atomic E-state index is 12.8. The van der Waals surface area contributed by atoms with Crippen molar-refractivity contribution in [1.29, 1.82) is 0 Å². The predicted molar refractivity (Wildman–Crippen MR) is 270 cm³/mol. The van der Waals surface area contributed by atoms with Gasteiger partial charge in [-0.05, 0) is 31.1 Å². The van der Waals surface area contributed by atoms with Gasteiger partial charge in [-0.2, -0.15) is 0 Å². The zero-order chi connectivity index (χ0) is 46.1. The Morgan fingerprint density at radius 1 is 0.302 bits per heavy atom. The molecule has 0 saturated heterocycles. The minimum atomic E-state index is -0.762. The molecule has 6 heteroatoms. The third-order valence-electron chi connectivity index (χ3n) is 13.0. The van der Waals surface area contributed by atoms with E-state index in [1.54, 1.807) is 0 Å². The second kappa shape index (κ2) is 49.8. The summed E-state index contributed by atoms with van der Waals surface area (Å²) >= 11 is 0. The van der Waals surface area contributed by atoms with E-state index >= 15 is 0 Å². The summed E-state index contributed by atoms with van der Waals surface area (Å²) in [5.41, 5.74) is 0. The molecule has 63 heavy (non-hydrogen) atoms. The third-order valence-corrected chi connectivity index (χ3v) is 13.0. The topological polar surface area (TPSA) is 78.9 Å². The molecular weight excluding hydrogens is 781 g/mol. The van der Waals surface area contributed by atoms with Gasteiger partial charge in [-0.3, -0.25) is 14.4 Å². The van der Waals surface area contributed by atoms with Crippen LogP contribution in [-0.2, 0) is 28.6 Å². The number of hydrogen-bond acceptors (Lipinski definition) is 6. The molecule has 0 aromatic rings. The SMILES string of the molecule is CCCCCCCCCCCCCCCCC(=O)OC[C@H](COC(=O)CCCCCCCCCC(C)C)OC(=O)CCCCCCCCCCCCCCCCCCCCC(C)C. The van der Waals surface area contributed by atoms with Crippen molar-refractivity contribution in [2.45, 2.75) is 323 Å². The number of hydrogen-bond donors (Lipinski definition) is 0. The van der Waals surface area contributed by atoms with Crippen molar-refractivity contribution in [2.75, 3.05) is 13.2 Å². The average molecular weight is 892 g/mol. The zero-order valence-electron chi connectivity index (χ0n) is 43.2. The third kappa shape index (κ3) is 51.3. The van der Waals surface area contributed by atoms with Crippen LogP contribution in [0.1, 0.15) is 317 Å². The van der Waals surface area contributed by atoms with E-state index in [2.05, 4.69) is 34.6 Å². The molecule has 1 atom stereocenters. The fourth-order valence-corrected chi connectivity index (χ4v) is 8.70. The van der Waals surface area contributed by atoms with Crippen molar-refractivity contribution in [3.8, 4) is 0 Å². The van der Waals surface area contributed by atoms with E-state index < -0.39 is 6.10 Å². The highest BCUT2D eigenvalue weighted by molar-refractivity contribution is 5.71. The number of esters is 3. The van der Waals surface area contributed by atoms with Gasteiger partial charge in [0.2, 0.25) is 0 Å². The molecule has 0 N–H and O–H groups in total. The van der Waals surface area contributed by atoms with Crippen LogP contribution in [0.3, 0.4) is 0 Å². The standard InChI is InChI=1S/C57H110O6/c1-6-7-8-9-10-11-12-13-21-24-27-32-37-42-47-55(58)61-50-54(51-62-56(59)48-43-38-34-29-31-36-41-46-53(4)5)63-57(60)49-44-39-33-28-25-22-19-17-15-14-16-18-20-23-26-30-35-40-45-52(2)3/h52-54H,6-51H2,1-5H3/t54-/m1/s1. The predicted octanol–water partition coefficient (Wildman–Crippen LogP) is 18.5. The summed E-state index contributed by atoms with van der Waals surface area (Å²) in [4.78, 5) is 38.0. The van der Waals surface area contributed by atoms with Crippen molar-refractivity contribution >= 4 is 17.9 Å². The molecule has 0 aromatic carbocycles. The van der Waals surface area contributed by atoms with Crippen molar-refractivity contribution in [1.82, 2.24) is 0 Å². The summed E-state index contributed by atoms with van der Waals surface area (Å²) in [6, 6.07) is 0. The van der Waals surface area contributed by atoms with Gasteiger partial charge in [0, 0.05) is 19.3 Å². The van der Waals surface area contributed by atoms with Crippen molar-refractivity contribution in [3.63, 3.8) is 0 Å². The van der Waals surface area contributed by atoms with Crippen molar-refractivity contribution < 1.29 is 28.6 Å². The Bertz CT molecular complexity index is 962. The molecule has 0 rings (SSSR count). The fraction of sp³-hybridized carbons (Fsp3) is 0.947. The normalized spacial score (nSPS) is 12.0. The summed E-state index contributed by atoms with van der Waals surface area (Å²) in [6.07, 6.45) is 52.5. The van der Waals surface area contributed by atoms with Crippen LogP contribution in [0.2, 0.25) is 0 Å². The molecule has 6 nitrogen and oxygen atoms in total. The Hall–Kier alpha value is -1.59. The molecule has 0 aliphatic carbocycles. The molecule has 374 valence electrons. The molecule has 0 unspecified atom stereocenters. The number of rotatable bonds is 51. The number of unbranched alkanes of at least 4 members (excludes halogenated alkanes) is 36. The first-order valence-corrected chi connectivity index (χ1v) is 28.2. The molecular formula is C57H110O6. The Morgan fingerprint density at radius 2 is 0.524 bits per heavy atom. The highest BCUT2D eigenvalue weighted by Crippen LogP contribution is 2.18. The summed E-state index contributed by atoms with van der Waals surface area (Å²) in [7, 11) is 0. The summed E-state index contributed by atoms with van der Waals surface area (Å²) in [5, 5.41) is 0. The first-order valence-electron chi connectivity index (χ1n) is 28.2. The Kier molecular flexibility index (Phi) is 48.6. The van der Waals surface area contributed by atoms with E-state index in [1.165, 1.54) is 205 Å². The summed E-state index contributed by atoms with van der Waals surface area (Å²) in [5.74, 6) is 0.795. The first-order chi connectivity index (χ1) is 30.7. The average Bonchev–Trinajstić information content (AvgIpc) is 3.25. The number of carbonyl (C=O) groups is 3. The Morgan fingerprint density at radius 3 is 0.778 bits per heavy atom. The maximum atomic E-state index is 12.8. The van der Waals surface area contributed by atoms with Gasteiger partial charge in [-0.25, -0.2) is 0 Å². The van der Waals surface area contributed by atoms with Crippen LogP contribution in [0.15, 0.2) is 0 Å². The minimum Gasteiger partial charge on any atom is -0.462 e. The lowest BCUT2D eigenvalue weighted by atomic mass is 10.0. The molecule has 0 saturated carbocycles. The Labute approximate surface area is 393 Å². The van der Waals surface area contributed by atoms with E-state index in [0.29, 0.717) is 19.3 Å². The minimum absolute atomic E-state index is 0.0634. The van der Waals surface area contributed by atoms with Crippen LogP contribution in [0.25, 0.3) is 0 Å². The van der Waals surface area contributed by atoms with Gasteiger partial charge in [0.25, 0.3) is 0 Å². The molecule has 0 radical (unpaired) electrons. The van der Waals surface area contributed by atoms with Gasteiger partial charge in [0.15, 0.2) is 6.10 Å². The van der Waals surface area contributed by atoms with E-state index in [1.807, 2.05) is 0 Å². The van der Waals surface area contributed by atoms with E-state index in [0.717, 1.165) is 69.6 Å². The quantitative estimate of drug-likeness (QED) is 0.0344. The molecule has 0 amide bonds. The van der Waals surface area contributed by atoms with Gasteiger partial charge in [-0.15, -0.1) is 0 Å². The molecule has 0 fully saturated rings. The monoisotopic (exact) mass is 891 g/mol. The van der Waals surface area contributed by atoms with Crippen LogP contribution in [0.4, 0.5) is 0 Å². The van der Waals surface area contributed by atoms with Crippen LogP contribution in [0, 0.1) is 11.8 Å². The van der Waals surface area contributed by atoms with Gasteiger partial charge in [0.1, 0.15) is 13.2 Å². The molecule has 0 aliphatic heterocycles. The molecule has 0 aliphatic rings. The van der Waals surface area contributed by atoms with Crippen LogP contribution in [-0.4, -0.2) is 37.2 Å². The van der Waals surface area contributed by atoms with Crippen LogP contribution in [0.5, 0.6) is 0 Å². The van der Waals surface area contributed by atoms with Gasteiger partial charge >= 0.3 is 17.9 Å². The number of ether oxygens (including phenoxy) is 3. The van der Waals surface area contributed by atoms with E-state index in [-0.39, 0.29) is 31.1 Å². The highest BCUT2D eigenvalue weighted by atomic mass is 16.6. The zero-order valence-corrected chi connectivity index (χ0v) is 43.2. The van der Waals surface area contributed by atoms with E-state index in [4.69, 9.17) is 14.2 Å². The smallest absolute Gasteiger partial charge is 0.306 e. The fourth-order valence-electron chi connectivity index (χ4n) is 8.70. The lowest BCUT2D eigenvalue weighted by Gasteiger charge is -2.18. The lowest BCUT2D eigenvalue weighted by Crippen LogP contribution is -2.30. The molecule has 0 bridgehead atoms. The highest BCUT2D eigenvalue weighted by Gasteiger charge is 2.19. The first kappa shape index (κ1) is 61.4. The van der Waals surface area contributed by atoms with E-state index in [9.17, 15) is 14.4 Å². The molecule has 0 spiro atoms. The van der Waals surface area contributed by atoms with Crippen molar-refractivity contribution in [2.24, 2.45) is 11.8 Å². The number of carbonyl (C=O) groups excluding carboxylic acids is 3. The maximum Gasteiger partial charge on any atom is 0.306 e. The second-order valence-electron chi connectivity index (χ2n) is 20.5. The Balaban J connectivity index is 4.22. The molecule has 0 aromatic heterocycles. The lowest BCUT2D eigenvalue weighted by molar-refractivity contribution is -0.167. The van der Waals surface area contributed by atoms with Gasteiger partial charge < -0.3 is 14.2 Å². The van der Waals surface area contributed by atoms with Gasteiger partial charge in [-0.1, -0.05) is 279 Å². The van der Waals surface area contributed by atoms with Crippen LogP contribution < -0.4 is 0 Å². The summed E-state index contributed by atoms with van der Waals surface area (Å²) < 4.78 is 16.8. The second-order valence-corrected chi connectivity index (χ2v) is 20.5. The largest absolute Gasteiger partial charge is 0.462 e. The molecule has 0 heterocycles. The van der Waals surface area contributed by atoms with Crippen molar-refractivity contribution in [3.05, 3.63) is 0 Å². The van der Waals surface area contributed by atoms with Crippen LogP contribution >= 0.6 is 0 Å². The van der Waals surface area contributed by atoms with Gasteiger partial charge in [0.05, 0.1) is 0 Å². The summed E-state index contributed by atoms with van der Waals surface area (Å²) in [6.45, 7) is 11.4.